The maximum Gasteiger partial charge on any atom is 0.290 e. The molecule has 10 N–H and O–H groups in total. The topological polar surface area (TPSA) is 250 Å². The maximum absolute atomic E-state index is 13.7. The van der Waals surface area contributed by atoms with E-state index in [2.05, 4.69) is 31.4 Å². The number of hydrogen-bond acceptors (Lipinski definition) is 8. The normalized spacial score (nSPS) is 17.8. The summed E-state index contributed by atoms with van der Waals surface area (Å²) < 4.78 is 4.97. The van der Waals surface area contributed by atoms with Crippen molar-refractivity contribution in [2.24, 2.45) is 34.0 Å². The van der Waals surface area contributed by atoms with Crippen molar-refractivity contribution in [3.63, 3.8) is 0 Å². The Hall–Kier alpha value is -4.17. The minimum atomic E-state index is -0.962. The third-order valence-electron chi connectivity index (χ3n) is 8.33. The molecule has 15 nitrogen and oxygen atoms in total. The highest BCUT2D eigenvalue weighted by Gasteiger charge is 2.35. The molecule has 15 heteroatoms. The summed E-state index contributed by atoms with van der Waals surface area (Å²) in [6.45, 7) is -0.147. The zero-order chi connectivity index (χ0) is 31.9. The second-order valence-electron chi connectivity index (χ2n) is 11.7. The van der Waals surface area contributed by atoms with Gasteiger partial charge in [0.25, 0.3) is 5.91 Å². The van der Waals surface area contributed by atoms with Crippen molar-refractivity contribution in [2.75, 3.05) is 13.1 Å². The first-order valence-electron chi connectivity index (χ1n) is 15.6. The summed E-state index contributed by atoms with van der Waals surface area (Å²) in [5.41, 5.74) is 16.0. The van der Waals surface area contributed by atoms with Gasteiger partial charge in [0.05, 0.1) is 12.7 Å². The minimum Gasteiger partial charge on any atom is -0.370 e. The molecular formula is C29H47N9O6. The minimum absolute atomic E-state index is 0.00969. The van der Waals surface area contributed by atoms with E-state index in [1.54, 1.807) is 0 Å². The van der Waals surface area contributed by atoms with Gasteiger partial charge in [0, 0.05) is 12.6 Å². The quantitative estimate of drug-likeness (QED) is 0.0745. The molecule has 0 radical (unpaired) electrons. The van der Waals surface area contributed by atoms with E-state index in [0.717, 1.165) is 64.2 Å². The number of aliphatic imine (C=N–C) groups is 1. The van der Waals surface area contributed by atoms with Crippen LogP contribution in [0.4, 0.5) is 0 Å². The van der Waals surface area contributed by atoms with Crippen LogP contribution in [0.25, 0.3) is 0 Å². The van der Waals surface area contributed by atoms with Crippen molar-refractivity contribution in [2.45, 2.75) is 102 Å². The number of primary amides is 1. The number of carbonyl (C=O) groups is 5. The van der Waals surface area contributed by atoms with E-state index in [1.807, 2.05) is 0 Å². The van der Waals surface area contributed by atoms with Crippen LogP contribution in [-0.4, -0.2) is 71.9 Å². The molecule has 0 spiro atoms. The zero-order valence-corrected chi connectivity index (χ0v) is 25.2. The molecule has 0 aromatic carbocycles. The van der Waals surface area contributed by atoms with Gasteiger partial charge in [-0.05, 0) is 43.9 Å². The molecule has 1 aromatic rings. The summed E-state index contributed by atoms with van der Waals surface area (Å²) in [5, 5.41) is 14.4. The number of aromatic nitrogens is 1. The molecule has 2 saturated carbocycles. The first kappa shape index (κ1) is 34.3. The van der Waals surface area contributed by atoms with Crippen molar-refractivity contribution in [1.82, 2.24) is 26.4 Å². The van der Waals surface area contributed by atoms with Gasteiger partial charge in [-0.1, -0.05) is 56.5 Å². The van der Waals surface area contributed by atoms with Crippen LogP contribution < -0.4 is 38.5 Å². The summed E-state index contributed by atoms with van der Waals surface area (Å²) in [5.74, 6) is -2.83. The van der Waals surface area contributed by atoms with E-state index in [4.69, 9.17) is 21.7 Å². The smallest absolute Gasteiger partial charge is 0.290 e. The predicted molar refractivity (Wildman–Crippen MR) is 162 cm³/mol. The fourth-order valence-corrected chi connectivity index (χ4v) is 5.98. The van der Waals surface area contributed by atoms with Gasteiger partial charge in [-0.3, -0.25) is 29.0 Å². The molecule has 244 valence electrons. The number of nitrogens with one attached hydrogen (secondary N) is 4. The lowest BCUT2D eigenvalue weighted by Gasteiger charge is -2.32. The first-order chi connectivity index (χ1) is 21.1. The van der Waals surface area contributed by atoms with Crippen molar-refractivity contribution in [3.05, 3.63) is 18.0 Å². The largest absolute Gasteiger partial charge is 0.370 e. The molecule has 1 heterocycles. The van der Waals surface area contributed by atoms with Crippen LogP contribution in [0.2, 0.25) is 0 Å². The highest BCUT2D eigenvalue weighted by atomic mass is 16.5. The van der Waals surface area contributed by atoms with Gasteiger partial charge in [0.15, 0.2) is 5.96 Å². The third kappa shape index (κ3) is 11.5. The number of rotatable bonds is 16. The van der Waals surface area contributed by atoms with Crippen molar-refractivity contribution in [3.8, 4) is 0 Å². The Morgan fingerprint density at radius 2 is 1.57 bits per heavy atom. The molecule has 2 aliphatic rings. The lowest BCUT2D eigenvalue weighted by atomic mass is 9.82. The monoisotopic (exact) mass is 617 g/mol. The lowest BCUT2D eigenvalue weighted by molar-refractivity contribution is -0.133. The standard InChI is InChI=1S/C29H47N9O6/c30-25(40)20(12-7-14-33-29(31)32)36-23(39)17-34-28(43)24(19-10-5-2-6-11-19)38-26(41)21(16-18-8-3-1-4-9-18)37-27(42)22-13-15-35-44-22/h13,15,18-21,24H,1-12,14,16-17H2,(H2,30,40)(H,34,43)(H,36,39)(H,37,42)(H,38,41)(H4,31,32,33)/t20-,21?,24?/m0/s1. The summed E-state index contributed by atoms with van der Waals surface area (Å²) in [6.07, 6.45) is 12.0. The summed E-state index contributed by atoms with van der Waals surface area (Å²) in [4.78, 5) is 68.3. The van der Waals surface area contributed by atoms with Gasteiger partial charge in [-0.15, -0.1) is 0 Å². The number of nitrogens with zero attached hydrogens (tertiary/aromatic N) is 2. The van der Waals surface area contributed by atoms with Gasteiger partial charge in [-0.25, -0.2) is 0 Å². The first-order valence-corrected chi connectivity index (χ1v) is 15.6. The Morgan fingerprint density at radius 1 is 0.886 bits per heavy atom. The molecule has 0 aliphatic heterocycles. The van der Waals surface area contributed by atoms with Crippen LogP contribution in [-0.2, 0) is 19.2 Å². The van der Waals surface area contributed by atoms with Crippen molar-refractivity contribution >= 4 is 35.5 Å². The van der Waals surface area contributed by atoms with Crippen LogP contribution in [0.1, 0.15) is 94.0 Å². The lowest BCUT2D eigenvalue weighted by Crippen LogP contribution is -2.57. The summed E-state index contributed by atoms with van der Waals surface area (Å²) in [7, 11) is 0. The van der Waals surface area contributed by atoms with E-state index in [1.165, 1.54) is 12.3 Å². The fraction of sp³-hybridized carbons (Fsp3) is 0.690. The van der Waals surface area contributed by atoms with Gasteiger partial charge in [-0.2, -0.15) is 0 Å². The number of carbonyl (C=O) groups excluding carboxylic acids is 5. The molecule has 3 atom stereocenters. The van der Waals surface area contributed by atoms with Gasteiger partial charge in [0.2, 0.25) is 29.4 Å². The second kappa shape index (κ2) is 17.8. The van der Waals surface area contributed by atoms with Crippen LogP contribution in [0, 0.1) is 11.8 Å². The molecule has 0 bridgehead atoms. The van der Waals surface area contributed by atoms with E-state index in [-0.39, 0.29) is 36.5 Å². The molecule has 3 rings (SSSR count). The zero-order valence-electron chi connectivity index (χ0n) is 25.2. The molecule has 2 aliphatic carbocycles. The van der Waals surface area contributed by atoms with Crippen LogP contribution in [0.15, 0.2) is 21.8 Å². The van der Waals surface area contributed by atoms with E-state index < -0.39 is 54.2 Å². The van der Waals surface area contributed by atoms with Crippen LogP contribution in [0.3, 0.4) is 0 Å². The fourth-order valence-electron chi connectivity index (χ4n) is 5.98. The van der Waals surface area contributed by atoms with Crippen molar-refractivity contribution < 1.29 is 28.5 Å². The summed E-state index contributed by atoms with van der Waals surface area (Å²) >= 11 is 0. The average molecular weight is 618 g/mol. The Balaban J connectivity index is 1.65. The SMILES string of the molecule is NC(=O)[C@H](CCCN=C(N)N)NC(=O)CNC(=O)C(NC(=O)C(CC1CCCCC1)NC(=O)c1ccno1)C1CCCCC1. The Morgan fingerprint density at radius 3 is 2.18 bits per heavy atom. The Kier molecular flexibility index (Phi) is 13.9. The van der Waals surface area contributed by atoms with Gasteiger partial charge < -0.3 is 43.0 Å². The number of hydrogen-bond donors (Lipinski definition) is 7. The molecule has 0 saturated heterocycles. The van der Waals surface area contributed by atoms with Gasteiger partial charge >= 0.3 is 0 Å². The highest BCUT2D eigenvalue weighted by molar-refractivity contribution is 5.97. The van der Waals surface area contributed by atoms with E-state index in [0.29, 0.717) is 12.8 Å². The molecule has 2 unspecified atom stereocenters. The third-order valence-corrected chi connectivity index (χ3v) is 8.33. The van der Waals surface area contributed by atoms with E-state index >= 15 is 0 Å². The molecule has 2 fully saturated rings. The van der Waals surface area contributed by atoms with Crippen LogP contribution >= 0.6 is 0 Å². The van der Waals surface area contributed by atoms with Gasteiger partial charge in [0.1, 0.15) is 18.1 Å². The van der Waals surface area contributed by atoms with Crippen LogP contribution in [0.5, 0.6) is 0 Å². The number of amides is 5. The molecule has 5 amide bonds. The Bertz CT molecular complexity index is 1130. The average Bonchev–Trinajstić information content (AvgIpc) is 3.56. The Labute approximate surface area is 257 Å². The van der Waals surface area contributed by atoms with Crippen molar-refractivity contribution in [1.29, 1.82) is 0 Å². The predicted octanol–water partition coefficient (Wildman–Crippen LogP) is -0.0516. The summed E-state index contributed by atoms with van der Waals surface area (Å²) in [6, 6.07) is -1.33. The number of guanidine groups is 1. The second-order valence-corrected chi connectivity index (χ2v) is 11.7. The number of nitrogens with two attached hydrogens (primary N) is 3. The molecule has 44 heavy (non-hydrogen) atoms. The van der Waals surface area contributed by atoms with E-state index in [9.17, 15) is 24.0 Å². The maximum atomic E-state index is 13.7. The molecular weight excluding hydrogens is 570 g/mol. The molecule has 1 aromatic heterocycles. The highest BCUT2D eigenvalue weighted by Crippen LogP contribution is 2.29.